The van der Waals surface area contributed by atoms with Crippen LogP contribution in [0.1, 0.15) is 38.5 Å². The molecule has 0 radical (unpaired) electrons. The highest BCUT2D eigenvalue weighted by Crippen LogP contribution is 2.36. The van der Waals surface area contributed by atoms with Crippen molar-refractivity contribution in [2.24, 2.45) is 0 Å². The average molecular weight is 199 g/mol. The van der Waals surface area contributed by atoms with Crippen LogP contribution < -0.4 is 5.32 Å². The van der Waals surface area contributed by atoms with Crippen molar-refractivity contribution < 1.29 is 4.79 Å². The molecule has 1 aliphatic carbocycles. The van der Waals surface area contributed by atoms with Crippen LogP contribution in [0, 0.1) is 0 Å². The van der Waals surface area contributed by atoms with E-state index in [0.29, 0.717) is 5.78 Å². The first-order valence-corrected chi connectivity index (χ1v) is 6.24. The van der Waals surface area contributed by atoms with Crippen molar-refractivity contribution in [3.05, 3.63) is 0 Å². The number of ketones is 1. The Morgan fingerprint density at radius 1 is 1.23 bits per heavy atom. The summed E-state index contributed by atoms with van der Waals surface area (Å²) < 4.78 is 0. The molecule has 1 saturated carbocycles. The number of rotatable bonds is 0. The molecular weight excluding hydrogens is 182 g/mol. The van der Waals surface area contributed by atoms with Crippen molar-refractivity contribution in [2.45, 2.75) is 43.4 Å². The molecule has 3 heteroatoms. The largest absolute Gasteiger partial charge is 0.297 e. The number of hydrogen-bond donors (Lipinski definition) is 1. The second-order valence-electron chi connectivity index (χ2n) is 3.94. The molecule has 0 amide bonds. The summed E-state index contributed by atoms with van der Waals surface area (Å²) >= 11 is 1.84. The van der Waals surface area contributed by atoms with Crippen LogP contribution in [0.25, 0.3) is 0 Å². The lowest BCUT2D eigenvalue weighted by atomic mass is 9.95. The highest BCUT2D eigenvalue weighted by molar-refractivity contribution is 8.01. The smallest absolute Gasteiger partial charge is 0.163 e. The zero-order chi connectivity index (χ0) is 9.15. The molecular formula is C10H17NOS. The standard InChI is InChI=1S/C10H17NOS/c12-9-5-3-1-2-4-6-10(9)11-7-8-13-10/h11H,1-8H2/t10-/m0/s1. The van der Waals surface area contributed by atoms with Gasteiger partial charge in [-0.05, 0) is 12.8 Å². The van der Waals surface area contributed by atoms with Gasteiger partial charge in [0.25, 0.3) is 0 Å². The van der Waals surface area contributed by atoms with Crippen LogP contribution in [0.15, 0.2) is 0 Å². The van der Waals surface area contributed by atoms with Crippen LogP contribution >= 0.6 is 11.8 Å². The average Bonchev–Trinajstić information content (AvgIpc) is 2.58. The predicted octanol–water partition coefficient (Wildman–Crippen LogP) is 1.94. The molecule has 2 aliphatic rings. The Morgan fingerprint density at radius 3 is 2.85 bits per heavy atom. The Hall–Kier alpha value is -0.0200. The Labute approximate surface area is 83.8 Å². The summed E-state index contributed by atoms with van der Waals surface area (Å²) in [7, 11) is 0. The SMILES string of the molecule is O=C1CCCCCC[C@@]12NCCS2. The van der Waals surface area contributed by atoms with Crippen LogP contribution in [0.4, 0.5) is 0 Å². The van der Waals surface area contributed by atoms with Crippen molar-refractivity contribution in [1.82, 2.24) is 5.32 Å². The lowest BCUT2D eigenvalue weighted by Crippen LogP contribution is -2.45. The summed E-state index contributed by atoms with van der Waals surface area (Å²) in [5.74, 6) is 1.56. The maximum atomic E-state index is 11.9. The van der Waals surface area contributed by atoms with E-state index in [1.54, 1.807) is 0 Å². The van der Waals surface area contributed by atoms with E-state index in [1.807, 2.05) is 11.8 Å². The van der Waals surface area contributed by atoms with Crippen molar-refractivity contribution in [3.63, 3.8) is 0 Å². The molecule has 1 saturated heterocycles. The van der Waals surface area contributed by atoms with Crippen LogP contribution in [0.3, 0.4) is 0 Å². The van der Waals surface area contributed by atoms with Crippen LogP contribution in [-0.4, -0.2) is 23.0 Å². The fourth-order valence-electron chi connectivity index (χ4n) is 2.22. The van der Waals surface area contributed by atoms with E-state index in [2.05, 4.69) is 5.32 Å². The van der Waals surface area contributed by atoms with E-state index in [-0.39, 0.29) is 4.87 Å². The van der Waals surface area contributed by atoms with Crippen molar-refractivity contribution >= 4 is 17.5 Å². The van der Waals surface area contributed by atoms with Crippen molar-refractivity contribution in [2.75, 3.05) is 12.3 Å². The minimum absolute atomic E-state index is 0.166. The number of carbonyl (C=O) groups is 1. The molecule has 2 rings (SSSR count). The molecule has 0 aromatic rings. The van der Waals surface area contributed by atoms with Gasteiger partial charge in [0.1, 0.15) is 4.87 Å². The molecule has 0 bridgehead atoms. The van der Waals surface area contributed by atoms with Crippen molar-refractivity contribution in [3.8, 4) is 0 Å². The third-order valence-electron chi connectivity index (χ3n) is 2.99. The topological polar surface area (TPSA) is 29.1 Å². The first kappa shape index (κ1) is 9.53. The molecule has 74 valence electrons. The molecule has 2 nitrogen and oxygen atoms in total. The number of Topliss-reactive ketones (excluding diaryl/α,β-unsaturated/α-hetero) is 1. The molecule has 1 atom stereocenters. The van der Waals surface area contributed by atoms with Gasteiger partial charge in [-0.15, -0.1) is 11.8 Å². The third-order valence-corrected chi connectivity index (χ3v) is 4.47. The van der Waals surface area contributed by atoms with Gasteiger partial charge in [-0.1, -0.05) is 19.3 Å². The quantitative estimate of drug-likeness (QED) is 0.646. The van der Waals surface area contributed by atoms with Gasteiger partial charge in [0, 0.05) is 18.7 Å². The summed E-state index contributed by atoms with van der Waals surface area (Å²) in [4.78, 5) is 11.7. The minimum atomic E-state index is -0.166. The molecule has 1 aliphatic heterocycles. The number of hydrogen-bond acceptors (Lipinski definition) is 3. The maximum absolute atomic E-state index is 11.9. The highest BCUT2D eigenvalue weighted by atomic mass is 32.2. The van der Waals surface area contributed by atoms with Crippen LogP contribution in [-0.2, 0) is 4.79 Å². The number of carbonyl (C=O) groups excluding carboxylic acids is 1. The van der Waals surface area contributed by atoms with Gasteiger partial charge in [0.2, 0.25) is 0 Å². The molecule has 1 heterocycles. The maximum Gasteiger partial charge on any atom is 0.163 e. The van der Waals surface area contributed by atoms with E-state index >= 15 is 0 Å². The lowest BCUT2D eigenvalue weighted by Gasteiger charge is -2.28. The van der Waals surface area contributed by atoms with Gasteiger partial charge < -0.3 is 0 Å². The van der Waals surface area contributed by atoms with E-state index in [4.69, 9.17) is 0 Å². The fourth-order valence-corrected chi connectivity index (χ4v) is 3.53. The molecule has 0 aromatic heterocycles. The van der Waals surface area contributed by atoms with E-state index < -0.39 is 0 Å². The Kier molecular flexibility index (Phi) is 2.94. The van der Waals surface area contributed by atoms with Gasteiger partial charge in [-0.25, -0.2) is 0 Å². The normalized spacial score (nSPS) is 36.2. The first-order valence-electron chi connectivity index (χ1n) is 5.26. The second kappa shape index (κ2) is 4.01. The first-order chi connectivity index (χ1) is 6.33. The van der Waals surface area contributed by atoms with E-state index in [1.165, 1.54) is 19.3 Å². The van der Waals surface area contributed by atoms with Gasteiger partial charge in [-0.2, -0.15) is 0 Å². The van der Waals surface area contributed by atoms with E-state index in [0.717, 1.165) is 31.6 Å². The van der Waals surface area contributed by atoms with Gasteiger partial charge in [0.15, 0.2) is 5.78 Å². The monoisotopic (exact) mass is 199 g/mol. The Balaban J connectivity index is 2.07. The highest BCUT2D eigenvalue weighted by Gasteiger charge is 2.40. The van der Waals surface area contributed by atoms with Gasteiger partial charge in [-0.3, -0.25) is 10.1 Å². The summed E-state index contributed by atoms with van der Waals surface area (Å²) in [6, 6.07) is 0. The molecule has 1 N–H and O–H groups in total. The fraction of sp³-hybridized carbons (Fsp3) is 0.900. The lowest BCUT2D eigenvalue weighted by molar-refractivity contribution is -0.122. The Morgan fingerprint density at radius 2 is 2.08 bits per heavy atom. The predicted molar refractivity (Wildman–Crippen MR) is 55.9 cm³/mol. The summed E-state index contributed by atoms with van der Waals surface area (Å²) in [5.41, 5.74) is 0. The molecule has 13 heavy (non-hydrogen) atoms. The molecule has 0 aromatic carbocycles. The van der Waals surface area contributed by atoms with Gasteiger partial charge in [0.05, 0.1) is 0 Å². The second-order valence-corrected chi connectivity index (χ2v) is 5.33. The summed E-state index contributed by atoms with van der Waals surface area (Å²) in [5, 5.41) is 3.40. The number of thioether (sulfide) groups is 1. The zero-order valence-electron chi connectivity index (χ0n) is 7.97. The molecule has 1 spiro atoms. The minimum Gasteiger partial charge on any atom is -0.297 e. The third kappa shape index (κ3) is 1.91. The van der Waals surface area contributed by atoms with Crippen LogP contribution in [0.5, 0.6) is 0 Å². The van der Waals surface area contributed by atoms with Crippen molar-refractivity contribution in [1.29, 1.82) is 0 Å². The molecule has 0 unspecified atom stereocenters. The van der Waals surface area contributed by atoms with Crippen LogP contribution in [0.2, 0.25) is 0 Å². The number of nitrogens with one attached hydrogen (secondary N) is 1. The van der Waals surface area contributed by atoms with E-state index in [9.17, 15) is 4.79 Å². The summed E-state index contributed by atoms with van der Waals surface area (Å²) in [6.07, 6.45) is 6.70. The zero-order valence-corrected chi connectivity index (χ0v) is 8.79. The molecule has 2 fully saturated rings. The summed E-state index contributed by atoms with van der Waals surface area (Å²) in [6.45, 7) is 1.01. The van der Waals surface area contributed by atoms with Gasteiger partial charge >= 0.3 is 0 Å². The Bertz CT molecular complexity index is 199.